The molecule has 0 aliphatic carbocycles. The minimum Gasteiger partial charge on any atom is -0.508 e. The molecule has 1 N–H and O–H groups in total. The van der Waals surface area contributed by atoms with Crippen LogP contribution in [0.1, 0.15) is 12.8 Å². The summed E-state index contributed by atoms with van der Waals surface area (Å²) < 4.78 is 31.2. The van der Waals surface area contributed by atoms with Crippen molar-refractivity contribution in [2.24, 2.45) is 0 Å². The van der Waals surface area contributed by atoms with E-state index in [1.165, 1.54) is 28.6 Å². The Hall–Kier alpha value is -1.60. The number of sulfonamides is 1. The number of phenols is 1. The van der Waals surface area contributed by atoms with Gasteiger partial charge in [-0.05, 0) is 30.7 Å². The van der Waals surface area contributed by atoms with Crippen LogP contribution in [0.4, 0.5) is 0 Å². The standard InChI is InChI=1S/C12H13NO5S/c14-8-1-3-10(4-2-8)19(16,17)13-6-5-9-7-11(13)12(15)18-9/h1-4,9,11,14H,5-7H2/t9-,11+/m0/s1. The first-order valence-corrected chi connectivity index (χ1v) is 7.44. The predicted molar refractivity (Wildman–Crippen MR) is 64.9 cm³/mol. The maximum atomic E-state index is 12.5. The SMILES string of the molecule is O=C1O[C@H]2CCN(S(=O)(=O)c3ccc(O)cc3)[C@@H]1C2. The van der Waals surface area contributed by atoms with Crippen molar-refractivity contribution in [3.05, 3.63) is 24.3 Å². The number of carbonyl (C=O) groups is 1. The van der Waals surface area contributed by atoms with E-state index in [-0.39, 0.29) is 23.3 Å². The largest absolute Gasteiger partial charge is 0.508 e. The lowest BCUT2D eigenvalue weighted by molar-refractivity contribution is -0.142. The molecular weight excluding hydrogens is 270 g/mol. The van der Waals surface area contributed by atoms with Crippen LogP contribution in [0.25, 0.3) is 0 Å². The van der Waals surface area contributed by atoms with Crippen LogP contribution < -0.4 is 0 Å². The lowest BCUT2D eigenvalue weighted by Crippen LogP contribution is -2.45. The number of piperidine rings is 1. The maximum Gasteiger partial charge on any atom is 0.324 e. The minimum atomic E-state index is -3.72. The van der Waals surface area contributed by atoms with Gasteiger partial charge in [0.2, 0.25) is 10.0 Å². The highest BCUT2D eigenvalue weighted by Crippen LogP contribution is 2.32. The number of phenolic OH excluding ortho intramolecular Hbond substituents is 1. The normalized spacial score (nSPS) is 27.3. The zero-order valence-corrected chi connectivity index (χ0v) is 10.8. The van der Waals surface area contributed by atoms with Gasteiger partial charge in [0.1, 0.15) is 17.9 Å². The van der Waals surface area contributed by atoms with E-state index < -0.39 is 22.0 Å². The first-order valence-electron chi connectivity index (χ1n) is 6.00. The Morgan fingerprint density at radius 1 is 1.26 bits per heavy atom. The van der Waals surface area contributed by atoms with Crippen molar-refractivity contribution in [3.8, 4) is 5.75 Å². The molecule has 1 aromatic carbocycles. The Morgan fingerprint density at radius 3 is 2.63 bits per heavy atom. The fourth-order valence-electron chi connectivity index (χ4n) is 2.52. The lowest BCUT2D eigenvalue weighted by Gasteiger charge is -2.28. The van der Waals surface area contributed by atoms with Crippen molar-refractivity contribution in [1.82, 2.24) is 4.31 Å². The van der Waals surface area contributed by atoms with Crippen molar-refractivity contribution >= 4 is 16.0 Å². The number of hydrogen-bond acceptors (Lipinski definition) is 5. The zero-order chi connectivity index (χ0) is 13.6. The fourth-order valence-corrected chi connectivity index (χ4v) is 4.12. The van der Waals surface area contributed by atoms with Crippen LogP contribution in [0.5, 0.6) is 5.75 Å². The van der Waals surface area contributed by atoms with Crippen molar-refractivity contribution in [3.63, 3.8) is 0 Å². The van der Waals surface area contributed by atoms with Gasteiger partial charge in [-0.25, -0.2) is 8.42 Å². The Morgan fingerprint density at radius 2 is 1.95 bits per heavy atom. The number of aromatic hydroxyl groups is 1. The van der Waals surface area contributed by atoms with E-state index in [9.17, 15) is 18.3 Å². The predicted octanol–water partition coefficient (Wildman–Crippen LogP) is 0.471. The molecule has 7 heteroatoms. The second-order valence-corrected chi connectivity index (χ2v) is 6.60. The quantitative estimate of drug-likeness (QED) is 0.798. The monoisotopic (exact) mass is 283 g/mol. The van der Waals surface area contributed by atoms with Crippen LogP contribution in [-0.2, 0) is 19.6 Å². The smallest absolute Gasteiger partial charge is 0.324 e. The van der Waals surface area contributed by atoms with E-state index in [0.29, 0.717) is 12.8 Å². The van der Waals surface area contributed by atoms with E-state index in [2.05, 4.69) is 0 Å². The van der Waals surface area contributed by atoms with Crippen LogP contribution in [-0.4, -0.2) is 42.5 Å². The molecule has 0 radical (unpaired) electrons. The highest BCUT2D eigenvalue weighted by molar-refractivity contribution is 7.89. The number of nitrogens with zero attached hydrogens (tertiary/aromatic N) is 1. The van der Waals surface area contributed by atoms with Crippen molar-refractivity contribution in [2.75, 3.05) is 6.54 Å². The molecule has 0 aromatic heterocycles. The average Bonchev–Trinajstić information content (AvgIpc) is 2.65. The van der Waals surface area contributed by atoms with Gasteiger partial charge in [-0.1, -0.05) is 0 Å². The lowest BCUT2D eigenvalue weighted by atomic mass is 10.1. The molecule has 2 fully saturated rings. The van der Waals surface area contributed by atoms with E-state index in [0.717, 1.165) is 0 Å². The van der Waals surface area contributed by atoms with Gasteiger partial charge in [0.15, 0.2) is 0 Å². The first kappa shape index (κ1) is 12.4. The summed E-state index contributed by atoms with van der Waals surface area (Å²) in [6.07, 6.45) is 0.805. The third kappa shape index (κ3) is 1.98. The molecular formula is C12H13NO5S. The molecule has 0 amide bonds. The van der Waals surface area contributed by atoms with Gasteiger partial charge in [0.25, 0.3) is 0 Å². The molecule has 1 aromatic rings. The molecule has 0 spiro atoms. The highest BCUT2D eigenvalue weighted by Gasteiger charge is 2.47. The van der Waals surface area contributed by atoms with Gasteiger partial charge in [0, 0.05) is 13.0 Å². The number of esters is 1. The maximum absolute atomic E-state index is 12.5. The van der Waals surface area contributed by atoms with Gasteiger partial charge in [-0.2, -0.15) is 4.31 Å². The molecule has 6 nitrogen and oxygen atoms in total. The second-order valence-electron chi connectivity index (χ2n) is 4.71. The third-order valence-electron chi connectivity index (χ3n) is 3.50. The Labute approximate surface area is 110 Å². The molecule has 3 rings (SSSR count). The van der Waals surface area contributed by atoms with Crippen molar-refractivity contribution in [1.29, 1.82) is 0 Å². The van der Waals surface area contributed by atoms with E-state index in [4.69, 9.17) is 4.74 Å². The molecule has 2 saturated heterocycles. The van der Waals surface area contributed by atoms with E-state index in [1.807, 2.05) is 0 Å². The summed E-state index contributed by atoms with van der Waals surface area (Å²) in [6.45, 7) is 0.282. The van der Waals surface area contributed by atoms with Crippen LogP contribution >= 0.6 is 0 Å². The summed E-state index contributed by atoms with van der Waals surface area (Å²) in [5, 5.41) is 9.20. The highest BCUT2D eigenvalue weighted by atomic mass is 32.2. The number of rotatable bonds is 2. The Balaban J connectivity index is 1.96. The molecule has 2 bridgehead atoms. The molecule has 0 saturated carbocycles. The fraction of sp³-hybridized carbons (Fsp3) is 0.417. The summed E-state index contributed by atoms with van der Waals surface area (Å²) in [7, 11) is -3.72. The van der Waals surface area contributed by atoms with Crippen molar-refractivity contribution in [2.45, 2.75) is 29.9 Å². The van der Waals surface area contributed by atoms with Crippen LogP contribution in [0.3, 0.4) is 0 Å². The molecule has 19 heavy (non-hydrogen) atoms. The van der Waals surface area contributed by atoms with Gasteiger partial charge >= 0.3 is 5.97 Å². The van der Waals surface area contributed by atoms with Crippen molar-refractivity contribution < 1.29 is 23.1 Å². The summed E-state index contributed by atoms with van der Waals surface area (Å²) in [5.74, 6) is -0.470. The summed E-state index contributed by atoms with van der Waals surface area (Å²) in [6, 6.07) is 4.57. The molecule has 102 valence electrons. The minimum absolute atomic E-state index is 0.00191. The van der Waals surface area contributed by atoms with Crippen LogP contribution in [0, 0.1) is 0 Å². The average molecular weight is 283 g/mol. The van der Waals surface area contributed by atoms with E-state index in [1.54, 1.807) is 0 Å². The summed E-state index contributed by atoms with van der Waals surface area (Å²) in [4.78, 5) is 11.7. The van der Waals surface area contributed by atoms with Gasteiger partial charge in [-0.15, -0.1) is 0 Å². The molecule has 2 heterocycles. The van der Waals surface area contributed by atoms with Gasteiger partial charge in [0.05, 0.1) is 4.90 Å². The summed E-state index contributed by atoms with van der Waals surface area (Å²) >= 11 is 0. The Kier molecular flexibility index (Phi) is 2.75. The number of benzene rings is 1. The van der Waals surface area contributed by atoms with E-state index >= 15 is 0 Å². The molecule has 2 aliphatic heterocycles. The first-order chi connectivity index (χ1) is 8.98. The van der Waals surface area contributed by atoms with Crippen LogP contribution in [0.2, 0.25) is 0 Å². The zero-order valence-electron chi connectivity index (χ0n) is 10.0. The Bertz CT molecular complexity index is 610. The topological polar surface area (TPSA) is 83.9 Å². The number of ether oxygens (including phenoxy) is 1. The molecule has 2 aliphatic rings. The molecule has 0 unspecified atom stereocenters. The second kappa shape index (κ2) is 4.21. The molecule has 2 atom stereocenters. The van der Waals surface area contributed by atoms with Gasteiger partial charge in [-0.3, -0.25) is 4.79 Å². The summed E-state index contributed by atoms with van der Waals surface area (Å²) in [5.41, 5.74) is 0. The number of hydrogen-bond donors (Lipinski definition) is 1. The van der Waals surface area contributed by atoms with Gasteiger partial charge < -0.3 is 9.84 Å². The number of carbonyl (C=O) groups excluding carboxylic acids is 1. The third-order valence-corrected chi connectivity index (χ3v) is 5.43. The number of fused-ring (bicyclic) bond motifs is 2. The van der Waals surface area contributed by atoms with Crippen LogP contribution in [0.15, 0.2) is 29.2 Å².